The van der Waals surface area contributed by atoms with Crippen molar-refractivity contribution in [1.82, 2.24) is 9.88 Å². The Kier molecular flexibility index (Phi) is 4.29. The molecule has 1 aliphatic rings. The number of hydrogen-bond donors (Lipinski definition) is 0. The zero-order chi connectivity index (χ0) is 14.8. The zero-order valence-electron chi connectivity index (χ0n) is 12.3. The molecule has 1 saturated heterocycles. The van der Waals surface area contributed by atoms with Gasteiger partial charge in [-0.2, -0.15) is 0 Å². The van der Waals surface area contributed by atoms with Crippen LogP contribution in [0.5, 0.6) is 0 Å². The van der Waals surface area contributed by atoms with Crippen molar-refractivity contribution in [2.75, 3.05) is 13.1 Å². The Bertz CT molecular complexity index is 604. The van der Waals surface area contributed by atoms with E-state index < -0.39 is 0 Å². The molecule has 112 valence electrons. The third-order valence-corrected chi connectivity index (χ3v) is 3.75. The number of morpholine rings is 1. The van der Waals surface area contributed by atoms with E-state index in [0.29, 0.717) is 11.6 Å². The van der Waals surface area contributed by atoms with Crippen LogP contribution in [0.25, 0.3) is 11.3 Å². The van der Waals surface area contributed by atoms with E-state index in [-0.39, 0.29) is 12.2 Å². The monoisotopic (exact) mass is 306 g/mol. The molecule has 3 rings (SSSR count). The number of benzene rings is 1. The molecule has 0 bridgehead atoms. The number of halogens is 1. The maximum absolute atomic E-state index is 6.01. The van der Waals surface area contributed by atoms with E-state index in [2.05, 4.69) is 23.7 Å². The highest BCUT2D eigenvalue weighted by Crippen LogP contribution is 2.24. The highest BCUT2D eigenvalue weighted by molar-refractivity contribution is 6.30. The van der Waals surface area contributed by atoms with Crippen molar-refractivity contribution >= 4 is 11.6 Å². The molecule has 1 aliphatic heterocycles. The number of oxazole rings is 1. The zero-order valence-corrected chi connectivity index (χ0v) is 13.0. The smallest absolute Gasteiger partial charge is 0.209 e. The third-order valence-electron chi connectivity index (χ3n) is 3.52. The van der Waals surface area contributed by atoms with E-state index in [4.69, 9.17) is 20.8 Å². The normalized spacial score (nSPS) is 23.4. The minimum Gasteiger partial charge on any atom is -0.439 e. The van der Waals surface area contributed by atoms with E-state index in [1.54, 1.807) is 6.20 Å². The summed E-state index contributed by atoms with van der Waals surface area (Å²) in [5.41, 5.74) is 0.949. The van der Waals surface area contributed by atoms with Crippen LogP contribution in [0.4, 0.5) is 0 Å². The lowest BCUT2D eigenvalue weighted by Crippen LogP contribution is -2.44. The quantitative estimate of drug-likeness (QED) is 0.868. The van der Waals surface area contributed by atoms with Gasteiger partial charge in [0.05, 0.1) is 24.9 Å². The molecule has 2 atom stereocenters. The predicted octanol–water partition coefficient (Wildman–Crippen LogP) is 3.60. The number of rotatable bonds is 3. The van der Waals surface area contributed by atoms with Crippen LogP contribution in [0.15, 0.2) is 34.9 Å². The standard InChI is InChI=1S/C16H19ClN2O2/c1-11-8-19(9-12(2)20-11)10-16-18-7-15(21-16)13-4-3-5-14(17)6-13/h3-7,11-12H,8-10H2,1-2H3/t11-,12-/m1/s1. The third kappa shape index (κ3) is 3.64. The summed E-state index contributed by atoms with van der Waals surface area (Å²) in [6.07, 6.45) is 2.25. The van der Waals surface area contributed by atoms with Crippen LogP contribution >= 0.6 is 11.6 Å². The Hall–Kier alpha value is -1.36. The number of ether oxygens (including phenoxy) is 1. The first-order valence-corrected chi connectivity index (χ1v) is 7.56. The first-order valence-electron chi connectivity index (χ1n) is 7.18. The van der Waals surface area contributed by atoms with Gasteiger partial charge in [-0.05, 0) is 26.0 Å². The maximum atomic E-state index is 6.01. The Balaban J connectivity index is 1.70. The number of hydrogen-bond acceptors (Lipinski definition) is 4. The van der Waals surface area contributed by atoms with Crippen LogP contribution in [0, 0.1) is 0 Å². The van der Waals surface area contributed by atoms with Crippen molar-refractivity contribution in [3.63, 3.8) is 0 Å². The van der Waals surface area contributed by atoms with Gasteiger partial charge in [-0.1, -0.05) is 23.7 Å². The van der Waals surface area contributed by atoms with Crippen molar-refractivity contribution in [3.8, 4) is 11.3 Å². The summed E-state index contributed by atoms with van der Waals surface area (Å²) in [6, 6.07) is 7.60. The summed E-state index contributed by atoms with van der Waals surface area (Å²) >= 11 is 6.01. The van der Waals surface area contributed by atoms with Crippen molar-refractivity contribution in [1.29, 1.82) is 0 Å². The van der Waals surface area contributed by atoms with Crippen LogP contribution in [0.2, 0.25) is 5.02 Å². The fourth-order valence-electron chi connectivity index (χ4n) is 2.76. The van der Waals surface area contributed by atoms with Crippen molar-refractivity contribution in [2.24, 2.45) is 0 Å². The van der Waals surface area contributed by atoms with E-state index in [9.17, 15) is 0 Å². The lowest BCUT2D eigenvalue weighted by atomic mass is 10.2. The van der Waals surface area contributed by atoms with Gasteiger partial charge in [0.25, 0.3) is 0 Å². The maximum Gasteiger partial charge on any atom is 0.209 e. The molecule has 0 unspecified atom stereocenters. The van der Waals surface area contributed by atoms with Crippen molar-refractivity contribution in [2.45, 2.75) is 32.6 Å². The highest BCUT2D eigenvalue weighted by Gasteiger charge is 2.23. The first kappa shape index (κ1) is 14.6. The summed E-state index contributed by atoms with van der Waals surface area (Å²) in [4.78, 5) is 6.69. The highest BCUT2D eigenvalue weighted by atomic mass is 35.5. The summed E-state index contributed by atoms with van der Waals surface area (Å²) in [5.74, 6) is 1.48. The first-order chi connectivity index (χ1) is 10.1. The number of aromatic nitrogens is 1. The molecule has 4 nitrogen and oxygen atoms in total. The van der Waals surface area contributed by atoms with Crippen LogP contribution in [0.1, 0.15) is 19.7 Å². The molecule has 1 aromatic carbocycles. The van der Waals surface area contributed by atoms with Crippen LogP contribution in [0.3, 0.4) is 0 Å². The van der Waals surface area contributed by atoms with Gasteiger partial charge in [-0.25, -0.2) is 4.98 Å². The van der Waals surface area contributed by atoms with Gasteiger partial charge < -0.3 is 9.15 Å². The topological polar surface area (TPSA) is 38.5 Å². The molecular weight excluding hydrogens is 288 g/mol. The molecule has 1 fully saturated rings. The second-order valence-corrected chi connectivity index (χ2v) is 6.02. The largest absolute Gasteiger partial charge is 0.439 e. The molecule has 1 aromatic heterocycles. The molecule has 0 N–H and O–H groups in total. The van der Waals surface area contributed by atoms with Gasteiger partial charge >= 0.3 is 0 Å². The van der Waals surface area contributed by atoms with Gasteiger partial charge in [0, 0.05) is 23.7 Å². The molecule has 21 heavy (non-hydrogen) atoms. The number of nitrogens with zero attached hydrogens (tertiary/aromatic N) is 2. The summed E-state index contributed by atoms with van der Waals surface area (Å²) in [6.45, 7) is 6.70. The van der Waals surface area contributed by atoms with Crippen LogP contribution in [-0.4, -0.2) is 35.2 Å². The Morgan fingerprint density at radius 3 is 2.76 bits per heavy atom. The van der Waals surface area contributed by atoms with Gasteiger partial charge in [0.2, 0.25) is 5.89 Å². The van der Waals surface area contributed by atoms with Crippen LogP contribution < -0.4 is 0 Å². The summed E-state index contributed by atoms with van der Waals surface area (Å²) < 4.78 is 11.6. The lowest BCUT2D eigenvalue weighted by molar-refractivity contribution is -0.0721. The molecule has 0 aliphatic carbocycles. The van der Waals surface area contributed by atoms with E-state index in [1.807, 2.05) is 24.3 Å². The molecule has 0 amide bonds. The van der Waals surface area contributed by atoms with Crippen molar-refractivity contribution < 1.29 is 9.15 Å². The average molecular weight is 307 g/mol. The molecule has 0 radical (unpaired) electrons. The van der Waals surface area contributed by atoms with Crippen LogP contribution in [-0.2, 0) is 11.3 Å². The fourth-order valence-corrected chi connectivity index (χ4v) is 2.95. The van der Waals surface area contributed by atoms with E-state index >= 15 is 0 Å². The SMILES string of the molecule is C[C@@H]1CN(Cc2ncc(-c3cccc(Cl)c3)o2)C[C@@H](C)O1. The molecule has 0 spiro atoms. The van der Waals surface area contributed by atoms with E-state index in [1.165, 1.54) is 0 Å². The molecular formula is C16H19ClN2O2. The molecule has 5 heteroatoms. The molecule has 2 heterocycles. The molecule has 2 aromatic rings. The Morgan fingerprint density at radius 1 is 1.29 bits per heavy atom. The van der Waals surface area contributed by atoms with E-state index in [0.717, 1.165) is 30.3 Å². The van der Waals surface area contributed by atoms with Gasteiger partial charge in [-0.15, -0.1) is 0 Å². The minimum atomic E-state index is 0.246. The average Bonchev–Trinajstić information content (AvgIpc) is 2.86. The molecule has 0 saturated carbocycles. The fraction of sp³-hybridized carbons (Fsp3) is 0.438. The Morgan fingerprint density at radius 2 is 2.05 bits per heavy atom. The minimum absolute atomic E-state index is 0.246. The Labute approximate surface area is 129 Å². The second kappa shape index (κ2) is 6.18. The van der Waals surface area contributed by atoms with Gasteiger partial charge in [-0.3, -0.25) is 4.90 Å². The predicted molar refractivity (Wildman–Crippen MR) is 82.2 cm³/mol. The summed E-state index contributed by atoms with van der Waals surface area (Å²) in [7, 11) is 0. The van der Waals surface area contributed by atoms with Crippen molar-refractivity contribution in [3.05, 3.63) is 41.4 Å². The summed E-state index contributed by atoms with van der Waals surface area (Å²) in [5, 5.41) is 0.696. The lowest BCUT2D eigenvalue weighted by Gasteiger charge is -2.34. The van der Waals surface area contributed by atoms with Gasteiger partial charge in [0.1, 0.15) is 0 Å². The second-order valence-electron chi connectivity index (χ2n) is 5.58. The van der Waals surface area contributed by atoms with Gasteiger partial charge in [0.15, 0.2) is 5.76 Å².